The van der Waals surface area contributed by atoms with Crippen LogP contribution in [0.2, 0.25) is 0 Å². The highest BCUT2D eigenvalue weighted by molar-refractivity contribution is 5.35. The normalized spacial score (nSPS) is 8.60. The van der Waals surface area contributed by atoms with E-state index in [2.05, 4.69) is 29.0 Å². The van der Waals surface area contributed by atoms with Crippen LogP contribution in [0.5, 0.6) is 0 Å². The number of nitrogens with one attached hydrogen (secondary N) is 1. The van der Waals surface area contributed by atoms with Gasteiger partial charge in [-0.05, 0) is 13.3 Å². The van der Waals surface area contributed by atoms with E-state index in [1.807, 2.05) is 6.92 Å². The van der Waals surface area contributed by atoms with E-state index in [1.165, 1.54) is 0 Å². The van der Waals surface area contributed by atoms with Gasteiger partial charge in [0.2, 0.25) is 0 Å². The lowest BCUT2D eigenvalue weighted by molar-refractivity contribution is 0.973. The van der Waals surface area contributed by atoms with Crippen LogP contribution in [0.4, 0.5) is 0 Å². The summed E-state index contributed by atoms with van der Waals surface area (Å²) in [6, 6.07) is 0. The van der Waals surface area contributed by atoms with Crippen molar-refractivity contribution in [1.82, 2.24) is 10.2 Å². The molecule has 1 N–H and O–H groups in total. The summed E-state index contributed by atoms with van der Waals surface area (Å²) >= 11 is 0. The fourth-order valence-corrected chi connectivity index (χ4v) is 0.825. The van der Waals surface area contributed by atoms with Crippen LogP contribution in [0, 0.1) is 11.8 Å². The zero-order chi connectivity index (χ0) is 7.40. The second kappa shape index (κ2) is 3.07. The van der Waals surface area contributed by atoms with Gasteiger partial charge in [0.25, 0.3) is 0 Å². The molecular formula is C8H10N2. The molecule has 0 aromatic carbocycles. The van der Waals surface area contributed by atoms with Crippen molar-refractivity contribution in [2.24, 2.45) is 0 Å². The van der Waals surface area contributed by atoms with Gasteiger partial charge in [0.15, 0.2) is 0 Å². The average Bonchev–Trinajstić information content (AvgIpc) is 2.36. The molecule has 1 heterocycles. The molecule has 52 valence electrons. The highest BCUT2D eigenvalue weighted by Gasteiger charge is 1.96. The lowest BCUT2D eigenvalue weighted by Crippen LogP contribution is -1.82. The van der Waals surface area contributed by atoms with Crippen LogP contribution in [0.1, 0.15) is 25.1 Å². The van der Waals surface area contributed by atoms with Crippen molar-refractivity contribution >= 4 is 0 Å². The SMILES string of the molecule is CC#Cc1cn[nH]c1CC. The van der Waals surface area contributed by atoms with Gasteiger partial charge in [0.1, 0.15) is 0 Å². The lowest BCUT2D eigenvalue weighted by atomic mass is 10.2. The second-order valence-electron chi connectivity index (χ2n) is 1.99. The van der Waals surface area contributed by atoms with Gasteiger partial charge in [-0.1, -0.05) is 12.8 Å². The number of hydrogen-bond donors (Lipinski definition) is 1. The fraction of sp³-hybridized carbons (Fsp3) is 0.375. The molecule has 0 radical (unpaired) electrons. The Morgan fingerprint density at radius 3 is 3.10 bits per heavy atom. The minimum atomic E-state index is 0.962. The van der Waals surface area contributed by atoms with Crippen LogP contribution in [-0.4, -0.2) is 10.2 Å². The summed E-state index contributed by atoms with van der Waals surface area (Å²) in [6.45, 7) is 3.90. The number of aromatic nitrogens is 2. The van der Waals surface area contributed by atoms with Crippen LogP contribution in [0.25, 0.3) is 0 Å². The predicted molar refractivity (Wildman–Crippen MR) is 40.5 cm³/mol. The van der Waals surface area contributed by atoms with E-state index in [9.17, 15) is 0 Å². The quantitative estimate of drug-likeness (QED) is 0.577. The van der Waals surface area contributed by atoms with Crippen LogP contribution in [0.15, 0.2) is 6.20 Å². The predicted octanol–water partition coefficient (Wildman–Crippen LogP) is 1.34. The monoisotopic (exact) mass is 134 g/mol. The van der Waals surface area contributed by atoms with E-state index in [1.54, 1.807) is 6.20 Å². The highest BCUT2D eigenvalue weighted by atomic mass is 15.1. The molecule has 2 heteroatoms. The van der Waals surface area contributed by atoms with E-state index in [-0.39, 0.29) is 0 Å². The molecule has 0 saturated carbocycles. The second-order valence-corrected chi connectivity index (χ2v) is 1.99. The van der Waals surface area contributed by atoms with Crippen molar-refractivity contribution in [2.45, 2.75) is 20.3 Å². The number of nitrogens with zero attached hydrogens (tertiary/aromatic N) is 1. The molecule has 0 fully saturated rings. The van der Waals surface area contributed by atoms with Crippen molar-refractivity contribution in [3.8, 4) is 11.8 Å². The first-order chi connectivity index (χ1) is 4.88. The molecule has 10 heavy (non-hydrogen) atoms. The summed E-state index contributed by atoms with van der Waals surface area (Å²) in [5.74, 6) is 5.80. The topological polar surface area (TPSA) is 28.7 Å². The summed E-state index contributed by atoms with van der Waals surface area (Å²) in [4.78, 5) is 0. The van der Waals surface area contributed by atoms with Crippen molar-refractivity contribution in [1.29, 1.82) is 0 Å². The Balaban J connectivity index is 2.97. The molecule has 1 rings (SSSR count). The molecule has 1 aromatic rings. The Bertz CT molecular complexity index is 262. The van der Waals surface area contributed by atoms with E-state index >= 15 is 0 Å². The molecule has 2 nitrogen and oxygen atoms in total. The molecule has 0 bridgehead atoms. The van der Waals surface area contributed by atoms with Gasteiger partial charge in [-0.2, -0.15) is 5.10 Å². The van der Waals surface area contributed by atoms with Crippen molar-refractivity contribution < 1.29 is 0 Å². The Hall–Kier alpha value is -1.23. The third-order valence-corrected chi connectivity index (χ3v) is 1.33. The van der Waals surface area contributed by atoms with Gasteiger partial charge in [-0.25, -0.2) is 0 Å². The Labute approximate surface area is 60.7 Å². The Kier molecular flexibility index (Phi) is 2.11. The first kappa shape index (κ1) is 6.88. The standard InChI is InChI=1S/C8H10N2/c1-3-5-7-6-9-10-8(7)4-2/h6H,4H2,1-2H3,(H,9,10). The number of hydrogen-bond acceptors (Lipinski definition) is 1. The molecule has 0 amide bonds. The number of H-pyrrole nitrogens is 1. The van der Waals surface area contributed by atoms with Gasteiger partial charge in [-0.15, -0.1) is 5.92 Å². The first-order valence-electron chi connectivity index (χ1n) is 3.33. The van der Waals surface area contributed by atoms with E-state index in [0.717, 1.165) is 17.7 Å². The Morgan fingerprint density at radius 1 is 1.70 bits per heavy atom. The first-order valence-corrected chi connectivity index (χ1v) is 3.33. The van der Waals surface area contributed by atoms with Crippen LogP contribution in [0.3, 0.4) is 0 Å². The third-order valence-electron chi connectivity index (χ3n) is 1.33. The van der Waals surface area contributed by atoms with Crippen LogP contribution >= 0.6 is 0 Å². The molecule has 0 atom stereocenters. The average molecular weight is 134 g/mol. The van der Waals surface area contributed by atoms with Gasteiger partial charge >= 0.3 is 0 Å². The molecule has 1 aromatic heterocycles. The summed E-state index contributed by atoms with van der Waals surface area (Å²) in [5.41, 5.74) is 2.14. The van der Waals surface area contributed by atoms with E-state index in [4.69, 9.17) is 0 Å². The summed E-state index contributed by atoms with van der Waals surface area (Å²) in [7, 11) is 0. The third kappa shape index (κ3) is 1.19. The van der Waals surface area contributed by atoms with Gasteiger partial charge in [0.05, 0.1) is 17.5 Å². The van der Waals surface area contributed by atoms with E-state index in [0.29, 0.717) is 0 Å². The molecule has 0 saturated heterocycles. The number of aryl methyl sites for hydroxylation is 1. The maximum atomic E-state index is 3.88. The molecule has 0 aliphatic rings. The van der Waals surface area contributed by atoms with Crippen molar-refractivity contribution in [3.05, 3.63) is 17.5 Å². The van der Waals surface area contributed by atoms with Gasteiger partial charge in [-0.3, -0.25) is 5.10 Å². The van der Waals surface area contributed by atoms with Gasteiger partial charge < -0.3 is 0 Å². The summed E-state index contributed by atoms with van der Waals surface area (Å²) in [5, 5.41) is 6.77. The number of rotatable bonds is 1. The van der Waals surface area contributed by atoms with Crippen molar-refractivity contribution in [2.75, 3.05) is 0 Å². The lowest BCUT2D eigenvalue weighted by Gasteiger charge is -1.87. The Morgan fingerprint density at radius 2 is 2.50 bits per heavy atom. The summed E-state index contributed by atoms with van der Waals surface area (Å²) < 4.78 is 0. The van der Waals surface area contributed by atoms with E-state index < -0.39 is 0 Å². The maximum absolute atomic E-state index is 3.88. The largest absolute Gasteiger partial charge is 0.281 e. The molecule has 0 aliphatic carbocycles. The molecule has 0 aliphatic heterocycles. The highest BCUT2D eigenvalue weighted by Crippen LogP contribution is 2.01. The van der Waals surface area contributed by atoms with Crippen molar-refractivity contribution in [3.63, 3.8) is 0 Å². The molecule has 0 spiro atoms. The zero-order valence-corrected chi connectivity index (χ0v) is 6.23. The minimum absolute atomic E-state index is 0.962. The zero-order valence-electron chi connectivity index (χ0n) is 6.23. The maximum Gasteiger partial charge on any atom is 0.0654 e. The minimum Gasteiger partial charge on any atom is -0.281 e. The smallest absolute Gasteiger partial charge is 0.0654 e. The van der Waals surface area contributed by atoms with Crippen LogP contribution < -0.4 is 0 Å². The molecular weight excluding hydrogens is 124 g/mol. The van der Waals surface area contributed by atoms with Crippen LogP contribution in [-0.2, 0) is 6.42 Å². The fourth-order valence-electron chi connectivity index (χ4n) is 0.825. The molecule has 0 unspecified atom stereocenters. The summed E-state index contributed by atoms with van der Waals surface area (Å²) in [6.07, 6.45) is 2.72. The number of aromatic amines is 1. The van der Waals surface area contributed by atoms with Gasteiger partial charge in [0, 0.05) is 0 Å².